The Morgan fingerprint density at radius 3 is 2.71 bits per heavy atom. The molecule has 0 saturated carbocycles. The number of carbonyl (C=O) groups excluding carboxylic acids is 2. The van der Waals surface area contributed by atoms with Gasteiger partial charge in [0.25, 0.3) is 0 Å². The molecule has 1 saturated heterocycles. The van der Waals surface area contributed by atoms with Gasteiger partial charge in [0, 0.05) is 38.3 Å². The molecule has 0 spiro atoms. The van der Waals surface area contributed by atoms with Gasteiger partial charge < -0.3 is 16.0 Å². The molecule has 2 amide bonds. The number of rotatable bonds is 5. The summed E-state index contributed by atoms with van der Waals surface area (Å²) in [7, 11) is 1.90. The summed E-state index contributed by atoms with van der Waals surface area (Å²) < 4.78 is 0. The summed E-state index contributed by atoms with van der Waals surface area (Å²) in [5.74, 6) is -0.290. The number of amides is 2. The highest BCUT2D eigenvalue weighted by Gasteiger charge is 2.17. The fourth-order valence-corrected chi connectivity index (χ4v) is 2.44. The van der Waals surface area contributed by atoms with E-state index in [2.05, 4.69) is 5.32 Å². The first-order valence-corrected chi connectivity index (χ1v) is 7.12. The lowest BCUT2D eigenvalue weighted by Gasteiger charge is -2.29. The molecule has 1 aliphatic heterocycles. The molecule has 1 aliphatic rings. The van der Waals surface area contributed by atoms with Crippen LogP contribution < -0.4 is 11.1 Å². The number of piperazine rings is 1. The largest absolute Gasteiger partial charge is 0.366 e. The minimum Gasteiger partial charge on any atom is -0.366 e. The van der Waals surface area contributed by atoms with E-state index in [0.29, 0.717) is 18.7 Å². The van der Waals surface area contributed by atoms with Crippen LogP contribution in [0.1, 0.15) is 15.9 Å². The van der Waals surface area contributed by atoms with E-state index in [1.54, 1.807) is 18.2 Å². The third kappa shape index (κ3) is 4.54. The first-order valence-electron chi connectivity index (χ1n) is 7.12. The van der Waals surface area contributed by atoms with Crippen LogP contribution in [0.15, 0.2) is 24.3 Å². The van der Waals surface area contributed by atoms with Crippen molar-refractivity contribution in [3.05, 3.63) is 35.4 Å². The van der Waals surface area contributed by atoms with E-state index in [-0.39, 0.29) is 5.91 Å². The van der Waals surface area contributed by atoms with E-state index >= 15 is 0 Å². The molecule has 0 bridgehead atoms. The fraction of sp³-hybridized carbons (Fsp3) is 0.467. The Bertz CT molecular complexity index is 512. The monoisotopic (exact) mass is 290 g/mol. The molecule has 1 fully saturated rings. The van der Waals surface area contributed by atoms with Gasteiger partial charge in [0.05, 0.1) is 6.54 Å². The maximum atomic E-state index is 12.2. The molecule has 1 aromatic carbocycles. The van der Waals surface area contributed by atoms with Gasteiger partial charge in [-0.1, -0.05) is 12.1 Å². The van der Waals surface area contributed by atoms with E-state index < -0.39 is 5.91 Å². The van der Waals surface area contributed by atoms with Crippen molar-refractivity contribution in [2.75, 3.05) is 39.8 Å². The second kappa shape index (κ2) is 7.19. The Morgan fingerprint density at radius 1 is 1.33 bits per heavy atom. The normalized spacial score (nSPS) is 15.2. The van der Waals surface area contributed by atoms with Gasteiger partial charge in [-0.3, -0.25) is 14.5 Å². The molecule has 114 valence electrons. The number of benzene rings is 1. The minimum absolute atomic E-state index is 0.144. The number of hydrogen-bond donors (Lipinski definition) is 2. The van der Waals surface area contributed by atoms with Crippen LogP contribution in [0.4, 0.5) is 0 Å². The molecule has 6 heteroatoms. The van der Waals surface area contributed by atoms with Crippen molar-refractivity contribution in [2.45, 2.75) is 6.54 Å². The van der Waals surface area contributed by atoms with E-state index in [0.717, 1.165) is 31.7 Å². The number of nitrogens with one attached hydrogen (secondary N) is 1. The summed E-state index contributed by atoms with van der Waals surface area (Å²) in [6.07, 6.45) is 0. The van der Waals surface area contributed by atoms with Crippen molar-refractivity contribution in [2.24, 2.45) is 5.73 Å². The third-order valence-electron chi connectivity index (χ3n) is 3.54. The first kappa shape index (κ1) is 15.5. The van der Waals surface area contributed by atoms with Crippen LogP contribution in [0.5, 0.6) is 0 Å². The van der Waals surface area contributed by atoms with Gasteiger partial charge in [-0.2, -0.15) is 0 Å². The maximum Gasteiger partial charge on any atom is 0.248 e. The van der Waals surface area contributed by atoms with Gasteiger partial charge >= 0.3 is 0 Å². The average Bonchev–Trinajstić information content (AvgIpc) is 2.48. The Hall–Kier alpha value is -1.92. The summed E-state index contributed by atoms with van der Waals surface area (Å²) in [4.78, 5) is 27.2. The zero-order valence-corrected chi connectivity index (χ0v) is 12.3. The lowest BCUT2D eigenvalue weighted by molar-refractivity contribution is -0.132. The second-order valence-corrected chi connectivity index (χ2v) is 5.37. The fourth-order valence-electron chi connectivity index (χ4n) is 2.44. The summed E-state index contributed by atoms with van der Waals surface area (Å²) in [6, 6.07) is 7.20. The van der Waals surface area contributed by atoms with E-state index in [1.165, 1.54) is 0 Å². The van der Waals surface area contributed by atoms with Crippen molar-refractivity contribution in [3.8, 4) is 0 Å². The van der Waals surface area contributed by atoms with Crippen molar-refractivity contribution < 1.29 is 9.59 Å². The van der Waals surface area contributed by atoms with Crippen LogP contribution in [-0.4, -0.2) is 61.4 Å². The Labute approximate surface area is 124 Å². The van der Waals surface area contributed by atoms with Crippen LogP contribution in [0, 0.1) is 0 Å². The number of likely N-dealkylation sites (N-methyl/N-ethyl adjacent to an activating group) is 1. The average molecular weight is 290 g/mol. The molecule has 1 aromatic rings. The highest BCUT2D eigenvalue weighted by molar-refractivity contribution is 5.92. The number of primary amides is 1. The molecule has 0 atom stereocenters. The molecule has 0 aromatic heterocycles. The van der Waals surface area contributed by atoms with Crippen LogP contribution in [-0.2, 0) is 11.3 Å². The van der Waals surface area contributed by atoms with E-state index in [1.807, 2.05) is 22.9 Å². The molecule has 1 heterocycles. The molecular formula is C15H22N4O2. The SMILES string of the molecule is CN(CC(=O)N1CCNCC1)Cc1cccc(C(N)=O)c1. The molecule has 6 nitrogen and oxygen atoms in total. The number of nitrogens with two attached hydrogens (primary N) is 1. The minimum atomic E-state index is -0.434. The summed E-state index contributed by atoms with van der Waals surface area (Å²) in [6.45, 7) is 4.24. The van der Waals surface area contributed by atoms with Crippen LogP contribution in [0.25, 0.3) is 0 Å². The van der Waals surface area contributed by atoms with Crippen molar-refractivity contribution in [1.29, 1.82) is 0 Å². The zero-order chi connectivity index (χ0) is 15.2. The zero-order valence-electron chi connectivity index (χ0n) is 12.3. The Kier molecular flexibility index (Phi) is 5.30. The summed E-state index contributed by atoms with van der Waals surface area (Å²) in [5.41, 5.74) is 6.74. The van der Waals surface area contributed by atoms with Crippen molar-refractivity contribution >= 4 is 11.8 Å². The standard InChI is InChI=1S/C15H22N4O2/c1-18(11-14(20)19-7-5-17-6-8-19)10-12-3-2-4-13(9-12)15(16)21/h2-4,9,17H,5-8,10-11H2,1H3,(H2,16,21). The predicted octanol–water partition coefficient (Wildman–Crippen LogP) is -0.351. The van der Waals surface area contributed by atoms with E-state index in [4.69, 9.17) is 5.73 Å². The highest BCUT2D eigenvalue weighted by Crippen LogP contribution is 2.07. The molecule has 0 radical (unpaired) electrons. The number of nitrogens with zero attached hydrogens (tertiary/aromatic N) is 2. The molecule has 21 heavy (non-hydrogen) atoms. The van der Waals surface area contributed by atoms with Gasteiger partial charge in [0.1, 0.15) is 0 Å². The smallest absolute Gasteiger partial charge is 0.248 e. The van der Waals surface area contributed by atoms with Gasteiger partial charge in [0.15, 0.2) is 0 Å². The molecule has 0 aliphatic carbocycles. The Morgan fingerprint density at radius 2 is 2.05 bits per heavy atom. The van der Waals surface area contributed by atoms with Gasteiger partial charge in [0.2, 0.25) is 11.8 Å². The second-order valence-electron chi connectivity index (χ2n) is 5.37. The van der Waals surface area contributed by atoms with Gasteiger partial charge in [-0.15, -0.1) is 0 Å². The lowest BCUT2D eigenvalue weighted by Crippen LogP contribution is -2.49. The summed E-state index contributed by atoms with van der Waals surface area (Å²) >= 11 is 0. The van der Waals surface area contributed by atoms with Crippen LogP contribution in [0.3, 0.4) is 0 Å². The molecule has 0 unspecified atom stereocenters. The topological polar surface area (TPSA) is 78.7 Å². The van der Waals surface area contributed by atoms with Crippen molar-refractivity contribution in [1.82, 2.24) is 15.1 Å². The molecular weight excluding hydrogens is 268 g/mol. The van der Waals surface area contributed by atoms with Gasteiger partial charge in [-0.25, -0.2) is 0 Å². The predicted molar refractivity (Wildman–Crippen MR) is 80.7 cm³/mol. The van der Waals surface area contributed by atoms with Crippen LogP contribution >= 0.6 is 0 Å². The lowest BCUT2D eigenvalue weighted by atomic mass is 10.1. The Balaban J connectivity index is 1.88. The molecule has 2 rings (SSSR count). The third-order valence-corrected chi connectivity index (χ3v) is 3.54. The van der Waals surface area contributed by atoms with E-state index in [9.17, 15) is 9.59 Å². The quantitative estimate of drug-likeness (QED) is 0.777. The molecule has 3 N–H and O–H groups in total. The van der Waals surface area contributed by atoms with Crippen molar-refractivity contribution in [3.63, 3.8) is 0 Å². The number of carbonyl (C=O) groups is 2. The number of hydrogen-bond acceptors (Lipinski definition) is 4. The maximum absolute atomic E-state index is 12.2. The van der Waals surface area contributed by atoms with Gasteiger partial charge in [-0.05, 0) is 24.7 Å². The highest BCUT2D eigenvalue weighted by atomic mass is 16.2. The van der Waals surface area contributed by atoms with Crippen LogP contribution in [0.2, 0.25) is 0 Å². The summed E-state index contributed by atoms with van der Waals surface area (Å²) in [5, 5.41) is 3.23. The first-order chi connectivity index (χ1) is 10.1.